The molecular weight excluding hydrogens is 171 g/mol. The number of piperidine rings is 1. The van der Waals surface area contributed by atoms with Crippen molar-refractivity contribution in [2.45, 2.75) is 12.8 Å². The summed E-state index contributed by atoms with van der Waals surface area (Å²) < 4.78 is 12.3. The summed E-state index contributed by atoms with van der Waals surface area (Å²) in [6.07, 6.45) is 1.85. The number of hydrogen-bond donors (Lipinski definition) is 1. The predicted octanol–water partition coefficient (Wildman–Crippen LogP) is 0.414. The summed E-state index contributed by atoms with van der Waals surface area (Å²) in [5.41, 5.74) is 0. The molecule has 0 aliphatic carbocycles. The first kappa shape index (κ1) is 10.4. The van der Waals surface area contributed by atoms with Crippen molar-refractivity contribution in [1.82, 2.24) is 10.2 Å². The molecule has 0 aromatic heterocycles. The molecule has 76 valence electrons. The van der Waals surface area contributed by atoms with Crippen molar-refractivity contribution in [3.63, 3.8) is 0 Å². The van der Waals surface area contributed by atoms with E-state index in [9.17, 15) is 9.18 Å². The van der Waals surface area contributed by atoms with Gasteiger partial charge in [-0.15, -0.1) is 0 Å². The fraction of sp³-hybridized carbons (Fsp3) is 0.889. The molecule has 13 heavy (non-hydrogen) atoms. The minimum absolute atomic E-state index is 0.0644. The first-order chi connectivity index (χ1) is 6.27. The average molecular weight is 188 g/mol. The lowest BCUT2D eigenvalue weighted by molar-refractivity contribution is -0.132. The summed E-state index contributed by atoms with van der Waals surface area (Å²) >= 11 is 0. The second-order valence-corrected chi connectivity index (χ2v) is 3.53. The van der Waals surface area contributed by atoms with Gasteiger partial charge in [-0.1, -0.05) is 0 Å². The van der Waals surface area contributed by atoms with Gasteiger partial charge in [-0.2, -0.15) is 0 Å². The van der Waals surface area contributed by atoms with E-state index in [0.29, 0.717) is 13.1 Å². The number of rotatable bonds is 3. The molecule has 1 rings (SSSR count). The third-order valence-electron chi connectivity index (χ3n) is 2.42. The lowest BCUT2D eigenvalue weighted by atomic mass is 9.99. The lowest BCUT2D eigenvalue weighted by Crippen LogP contribution is -2.43. The van der Waals surface area contributed by atoms with E-state index in [-0.39, 0.29) is 18.5 Å². The van der Waals surface area contributed by atoms with Crippen molar-refractivity contribution in [3.05, 3.63) is 0 Å². The normalized spacial score (nSPS) is 23.2. The van der Waals surface area contributed by atoms with Crippen LogP contribution in [0, 0.1) is 5.92 Å². The van der Waals surface area contributed by atoms with Gasteiger partial charge < -0.3 is 10.2 Å². The van der Waals surface area contributed by atoms with Gasteiger partial charge in [0.25, 0.3) is 0 Å². The molecule has 1 aliphatic rings. The van der Waals surface area contributed by atoms with Crippen molar-refractivity contribution < 1.29 is 9.18 Å². The highest BCUT2D eigenvalue weighted by atomic mass is 19.1. The summed E-state index contributed by atoms with van der Waals surface area (Å²) in [5.74, 6) is 0.148. The highest BCUT2D eigenvalue weighted by Gasteiger charge is 2.22. The quantitative estimate of drug-likeness (QED) is 0.696. The number of nitrogens with one attached hydrogen (secondary N) is 1. The number of nitrogens with zero attached hydrogens (tertiary/aromatic N) is 1. The molecule has 1 saturated heterocycles. The third-order valence-corrected chi connectivity index (χ3v) is 2.42. The molecule has 1 fully saturated rings. The van der Waals surface area contributed by atoms with Gasteiger partial charge in [0, 0.05) is 19.0 Å². The van der Waals surface area contributed by atoms with Crippen LogP contribution in [-0.4, -0.2) is 44.2 Å². The zero-order chi connectivity index (χ0) is 9.68. The standard InChI is InChI=1S/C9H17FN2O/c1-11-6-9(13)12-4-2-3-8(5-10)7-12/h8,11H,2-7H2,1H3/t8-/m1/s1. The Balaban J connectivity index is 2.37. The molecule has 0 bridgehead atoms. The monoisotopic (exact) mass is 188 g/mol. The summed E-state index contributed by atoms with van der Waals surface area (Å²) in [6.45, 7) is 1.44. The molecule has 0 unspecified atom stereocenters. The Bertz CT molecular complexity index is 175. The highest BCUT2D eigenvalue weighted by molar-refractivity contribution is 5.78. The Labute approximate surface area is 78.3 Å². The zero-order valence-electron chi connectivity index (χ0n) is 8.05. The van der Waals surface area contributed by atoms with Crippen LogP contribution in [-0.2, 0) is 4.79 Å². The Morgan fingerprint density at radius 2 is 2.46 bits per heavy atom. The Morgan fingerprint density at radius 3 is 3.08 bits per heavy atom. The van der Waals surface area contributed by atoms with Gasteiger partial charge >= 0.3 is 0 Å². The van der Waals surface area contributed by atoms with Gasteiger partial charge in [0.05, 0.1) is 13.2 Å². The number of carbonyl (C=O) groups is 1. The van der Waals surface area contributed by atoms with Crippen molar-refractivity contribution in [3.8, 4) is 0 Å². The number of halogens is 1. The first-order valence-electron chi connectivity index (χ1n) is 4.76. The fourth-order valence-electron chi connectivity index (χ4n) is 1.68. The summed E-state index contributed by atoms with van der Waals surface area (Å²) in [5, 5.41) is 2.81. The number of likely N-dealkylation sites (N-methyl/N-ethyl adjacent to an activating group) is 1. The number of likely N-dealkylation sites (tertiary alicyclic amines) is 1. The molecule has 1 aliphatic heterocycles. The Hall–Kier alpha value is -0.640. The fourth-order valence-corrected chi connectivity index (χ4v) is 1.68. The van der Waals surface area contributed by atoms with Crippen LogP contribution >= 0.6 is 0 Å². The van der Waals surface area contributed by atoms with Crippen LogP contribution in [0.2, 0.25) is 0 Å². The van der Waals surface area contributed by atoms with E-state index < -0.39 is 0 Å². The van der Waals surface area contributed by atoms with Crippen LogP contribution in [0.1, 0.15) is 12.8 Å². The van der Waals surface area contributed by atoms with Crippen molar-refractivity contribution >= 4 is 5.91 Å². The van der Waals surface area contributed by atoms with Gasteiger partial charge in [-0.3, -0.25) is 9.18 Å². The van der Waals surface area contributed by atoms with Gasteiger partial charge in [-0.05, 0) is 19.9 Å². The molecule has 3 nitrogen and oxygen atoms in total. The maximum atomic E-state index is 12.3. The minimum atomic E-state index is -0.302. The van der Waals surface area contributed by atoms with Crippen molar-refractivity contribution in [1.29, 1.82) is 0 Å². The van der Waals surface area contributed by atoms with E-state index in [0.717, 1.165) is 19.4 Å². The van der Waals surface area contributed by atoms with Crippen LogP contribution in [0.5, 0.6) is 0 Å². The van der Waals surface area contributed by atoms with E-state index >= 15 is 0 Å². The van der Waals surface area contributed by atoms with Gasteiger partial charge in [0.1, 0.15) is 0 Å². The van der Waals surface area contributed by atoms with Crippen LogP contribution < -0.4 is 5.32 Å². The molecule has 0 aromatic carbocycles. The van der Waals surface area contributed by atoms with E-state index in [1.807, 2.05) is 0 Å². The number of amides is 1. The zero-order valence-corrected chi connectivity index (χ0v) is 8.05. The molecule has 1 N–H and O–H groups in total. The summed E-state index contributed by atoms with van der Waals surface area (Å²) in [7, 11) is 1.74. The molecule has 0 saturated carbocycles. The van der Waals surface area contributed by atoms with Crippen LogP contribution in [0.15, 0.2) is 0 Å². The molecule has 4 heteroatoms. The van der Waals surface area contributed by atoms with E-state index in [4.69, 9.17) is 0 Å². The maximum absolute atomic E-state index is 12.3. The van der Waals surface area contributed by atoms with E-state index in [1.165, 1.54) is 0 Å². The molecular formula is C9H17FN2O. The predicted molar refractivity (Wildman–Crippen MR) is 49.2 cm³/mol. The SMILES string of the molecule is CNCC(=O)N1CCC[C@H](CF)C1. The molecule has 0 radical (unpaired) electrons. The summed E-state index contributed by atoms with van der Waals surface area (Å²) in [4.78, 5) is 13.2. The van der Waals surface area contributed by atoms with Crippen LogP contribution in [0.3, 0.4) is 0 Å². The van der Waals surface area contributed by atoms with E-state index in [1.54, 1.807) is 11.9 Å². The first-order valence-corrected chi connectivity index (χ1v) is 4.76. The Morgan fingerprint density at radius 1 is 1.69 bits per heavy atom. The van der Waals surface area contributed by atoms with Gasteiger partial charge in [0.2, 0.25) is 5.91 Å². The van der Waals surface area contributed by atoms with E-state index in [2.05, 4.69) is 5.32 Å². The minimum Gasteiger partial charge on any atom is -0.341 e. The molecule has 0 aromatic rings. The van der Waals surface area contributed by atoms with Gasteiger partial charge in [-0.25, -0.2) is 0 Å². The third kappa shape index (κ3) is 2.95. The van der Waals surface area contributed by atoms with Gasteiger partial charge in [0.15, 0.2) is 0 Å². The molecule has 0 spiro atoms. The second-order valence-electron chi connectivity index (χ2n) is 3.53. The lowest BCUT2D eigenvalue weighted by Gasteiger charge is -2.31. The topological polar surface area (TPSA) is 32.3 Å². The van der Waals surface area contributed by atoms with Crippen LogP contribution in [0.25, 0.3) is 0 Å². The van der Waals surface area contributed by atoms with Crippen molar-refractivity contribution in [2.75, 3.05) is 33.4 Å². The maximum Gasteiger partial charge on any atom is 0.236 e. The summed E-state index contributed by atoms with van der Waals surface area (Å²) in [6, 6.07) is 0. The highest BCUT2D eigenvalue weighted by Crippen LogP contribution is 2.16. The van der Waals surface area contributed by atoms with Crippen molar-refractivity contribution in [2.24, 2.45) is 5.92 Å². The number of hydrogen-bond acceptors (Lipinski definition) is 2. The van der Waals surface area contributed by atoms with Crippen LogP contribution in [0.4, 0.5) is 4.39 Å². The molecule has 1 amide bonds. The smallest absolute Gasteiger partial charge is 0.236 e. The average Bonchev–Trinajstić information content (AvgIpc) is 2.18. The number of alkyl halides is 1. The number of carbonyl (C=O) groups excluding carboxylic acids is 1. The Kier molecular flexibility index (Phi) is 4.15. The molecule has 1 heterocycles. The molecule has 1 atom stereocenters. The largest absolute Gasteiger partial charge is 0.341 e. The second kappa shape index (κ2) is 5.17.